The van der Waals surface area contributed by atoms with Crippen LogP contribution in [0.25, 0.3) is 0 Å². The molecule has 0 atom stereocenters. The Morgan fingerprint density at radius 3 is 2.71 bits per heavy atom. The van der Waals surface area contributed by atoms with E-state index >= 15 is 0 Å². The van der Waals surface area contributed by atoms with E-state index < -0.39 is 0 Å². The summed E-state index contributed by atoms with van der Waals surface area (Å²) in [6.07, 6.45) is 0. The van der Waals surface area contributed by atoms with Crippen LogP contribution in [0.15, 0.2) is 24.3 Å². The number of methoxy groups -OCH3 is 1. The summed E-state index contributed by atoms with van der Waals surface area (Å²) in [4.78, 5) is 11.8. The molecule has 0 unspecified atom stereocenters. The van der Waals surface area contributed by atoms with Crippen molar-refractivity contribution in [1.82, 2.24) is 0 Å². The number of benzene rings is 1. The highest BCUT2D eigenvalue weighted by molar-refractivity contribution is 5.91. The van der Waals surface area contributed by atoms with Crippen LogP contribution in [-0.4, -0.2) is 32.9 Å². The van der Waals surface area contributed by atoms with Crippen LogP contribution >= 0.6 is 0 Å². The van der Waals surface area contributed by atoms with Crippen LogP contribution in [0.2, 0.25) is 0 Å². The summed E-state index contributed by atoms with van der Waals surface area (Å²) < 4.78 is 15.2. The zero-order chi connectivity index (χ0) is 12.5. The second-order valence-electron chi connectivity index (χ2n) is 3.42. The molecule has 0 aromatic heterocycles. The largest absolute Gasteiger partial charge is 0.460 e. The Morgan fingerprint density at radius 1 is 1.24 bits per heavy atom. The van der Waals surface area contributed by atoms with Crippen LogP contribution in [0.5, 0.6) is 0 Å². The Bertz CT molecular complexity index is 349. The van der Waals surface area contributed by atoms with Crippen molar-refractivity contribution >= 4 is 5.97 Å². The molecule has 0 radical (unpaired) electrons. The van der Waals surface area contributed by atoms with Gasteiger partial charge in [-0.1, -0.05) is 18.2 Å². The van der Waals surface area contributed by atoms with Crippen molar-refractivity contribution in [3.05, 3.63) is 35.4 Å². The summed E-state index contributed by atoms with van der Waals surface area (Å²) in [5.74, 6) is -0.336. The molecule has 1 aromatic carbocycles. The summed E-state index contributed by atoms with van der Waals surface area (Å²) >= 11 is 0. The van der Waals surface area contributed by atoms with Gasteiger partial charge >= 0.3 is 5.97 Å². The number of rotatable bonds is 7. The predicted molar refractivity (Wildman–Crippen MR) is 63.9 cm³/mol. The first-order valence-electron chi connectivity index (χ1n) is 5.61. The van der Waals surface area contributed by atoms with E-state index in [1.807, 2.05) is 19.1 Å². The summed E-state index contributed by atoms with van der Waals surface area (Å²) in [5.41, 5.74) is 1.38. The van der Waals surface area contributed by atoms with E-state index in [2.05, 4.69) is 0 Å². The summed E-state index contributed by atoms with van der Waals surface area (Å²) in [7, 11) is 1.59. The number of carbonyl (C=O) groups is 1. The third-order valence-corrected chi connectivity index (χ3v) is 2.20. The smallest absolute Gasteiger partial charge is 0.338 e. The molecule has 0 spiro atoms. The highest BCUT2D eigenvalue weighted by Crippen LogP contribution is 2.11. The van der Waals surface area contributed by atoms with Crippen LogP contribution in [0.4, 0.5) is 0 Å². The molecule has 1 rings (SSSR count). The van der Waals surface area contributed by atoms with Gasteiger partial charge in [0.15, 0.2) is 0 Å². The van der Waals surface area contributed by atoms with Crippen LogP contribution in [0, 0.1) is 0 Å². The minimum Gasteiger partial charge on any atom is -0.460 e. The minimum atomic E-state index is -0.336. The van der Waals surface area contributed by atoms with Gasteiger partial charge in [0.25, 0.3) is 0 Å². The Morgan fingerprint density at radius 2 is 2.00 bits per heavy atom. The van der Waals surface area contributed by atoms with Crippen molar-refractivity contribution in [3.8, 4) is 0 Å². The van der Waals surface area contributed by atoms with Gasteiger partial charge in [0.2, 0.25) is 0 Å². The Balaban J connectivity index is 2.55. The lowest BCUT2D eigenvalue weighted by atomic mass is 10.1. The molecule has 0 aliphatic carbocycles. The molecule has 0 amide bonds. The standard InChI is InChI=1S/C13H18O4/c1-3-16-8-9-17-13(14)12-7-5-4-6-11(12)10-15-2/h4-7H,3,8-10H2,1-2H3. The van der Waals surface area contributed by atoms with Gasteiger partial charge in [-0.05, 0) is 18.6 Å². The Labute approximate surface area is 101 Å². The topological polar surface area (TPSA) is 44.8 Å². The molecule has 0 bridgehead atoms. The van der Waals surface area contributed by atoms with E-state index in [1.54, 1.807) is 19.2 Å². The molecule has 0 N–H and O–H groups in total. The van der Waals surface area contributed by atoms with E-state index in [1.165, 1.54) is 0 Å². The number of hydrogen-bond acceptors (Lipinski definition) is 4. The van der Waals surface area contributed by atoms with Crippen molar-refractivity contribution in [2.75, 3.05) is 26.9 Å². The van der Waals surface area contributed by atoms with Gasteiger partial charge < -0.3 is 14.2 Å². The van der Waals surface area contributed by atoms with Gasteiger partial charge in [-0.3, -0.25) is 0 Å². The first-order valence-corrected chi connectivity index (χ1v) is 5.61. The number of esters is 1. The lowest BCUT2D eigenvalue weighted by Crippen LogP contribution is -2.12. The molecular weight excluding hydrogens is 220 g/mol. The predicted octanol–water partition coefficient (Wildman–Crippen LogP) is 2.03. The average Bonchev–Trinajstić information content (AvgIpc) is 2.35. The normalized spacial score (nSPS) is 10.2. The molecule has 0 aliphatic rings. The fourth-order valence-corrected chi connectivity index (χ4v) is 1.42. The molecule has 0 heterocycles. The van der Waals surface area contributed by atoms with Gasteiger partial charge in [0.1, 0.15) is 6.61 Å². The average molecular weight is 238 g/mol. The molecule has 1 aromatic rings. The van der Waals surface area contributed by atoms with E-state index in [0.717, 1.165) is 5.56 Å². The van der Waals surface area contributed by atoms with Gasteiger partial charge in [-0.2, -0.15) is 0 Å². The molecule has 0 fully saturated rings. The van der Waals surface area contributed by atoms with Crippen molar-refractivity contribution in [2.45, 2.75) is 13.5 Å². The second-order valence-corrected chi connectivity index (χ2v) is 3.42. The van der Waals surface area contributed by atoms with Gasteiger partial charge in [-0.25, -0.2) is 4.79 Å². The maximum atomic E-state index is 11.8. The molecule has 94 valence electrons. The fraction of sp³-hybridized carbons (Fsp3) is 0.462. The molecule has 0 saturated carbocycles. The van der Waals surface area contributed by atoms with Gasteiger partial charge in [-0.15, -0.1) is 0 Å². The van der Waals surface area contributed by atoms with Gasteiger partial charge in [0.05, 0.1) is 18.8 Å². The van der Waals surface area contributed by atoms with Crippen LogP contribution in [0.3, 0.4) is 0 Å². The van der Waals surface area contributed by atoms with Crippen molar-refractivity contribution in [1.29, 1.82) is 0 Å². The first-order chi connectivity index (χ1) is 8.29. The van der Waals surface area contributed by atoms with E-state index in [0.29, 0.717) is 25.4 Å². The van der Waals surface area contributed by atoms with Crippen molar-refractivity contribution < 1.29 is 19.0 Å². The quantitative estimate of drug-likeness (QED) is 0.538. The molecule has 17 heavy (non-hydrogen) atoms. The van der Waals surface area contributed by atoms with Crippen molar-refractivity contribution in [2.24, 2.45) is 0 Å². The molecule has 0 aliphatic heterocycles. The third-order valence-electron chi connectivity index (χ3n) is 2.20. The SMILES string of the molecule is CCOCCOC(=O)c1ccccc1COC. The fourth-order valence-electron chi connectivity index (χ4n) is 1.42. The molecule has 4 heteroatoms. The van der Waals surface area contributed by atoms with Crippen molar-refractivity contribution in [3.63, 3.8) is 0 Å². The number of carbonyl (C=O) groups excluding carboxylic acids is 1. The van der Waals surface area contributed by atoms with E-state index in [-0.39, 0.29) is 12.6 Å². The highest BCUT2D eigenvalue weighted by atomic mass is 16.6. The summed E-state index contributed by atoms with van der Waals surface area (Å²) in [5, 5.41) is 0. The Kier molecular flexibility index (Phi) is 6.29. The highest BCUT2D eigenvalue weighted by Gasteiger charge is 2.11. The van der Waals surface area contributed by atoms with E-state index in [9.17, 15) is 4.79 Å². The van der Waals surface area contributed by atoms with Crippen LogP contribution < -0.4 is 0 Å². The maximum absolute atomic E-state index is 11.8. The minimum absolute atomic E-state index is 0.272. The lowest BCUT2D eigenvalue weighted by molar-refractivity contribution is 0.0331. The number of ether oxygens (including phenoxy) is 3. The summed E-state index contributed by atoms with van der Waals surface area (Å²) in [6, 6.07) is 7.25. The third kappa shape index (κ3) is 4.54. The molecule has 4 nitrogen and oxygen atoms in total. The zero-order valence-electron chi connectivity index (χ0n) is 10.3. The molecular formula is C13H18O4. The summed E-state index contributed by atoms with van der Waals surface area (Å²) in [6.45, 7) is 3.62. The number of hydrogen-bond donors (Lipinski definition) is 0. The van der Waals surface area contributed by atoms with E-state index in [4.69, 9.17) is 14.2 Å². The second kappa shape index (κ2) is 7.81. The maximum Gasteiger partial charge on any atom is 0.338 e. The Hall–Kier alpha value is -1.39. The first kappa shape index (κ1) is 13.7. The molecule has 0 saturated heterocycles. The van der Waals surface area contributed by atoms with Crippen LogP contribution in [-0.2, 0) is 20.8 Å². The lowest BCUT2D eigenvalue weighted by Gasteiger charge is -2.08. The van der Waals surface area contributed by atoms with Gasteiger partial charge in [0, 0.05) is 13.7 Å². The zero-order valence-corrected chi connectivity index (χ0v) is 10.3. The monoisotopic (exact) mass is 238 g/mol. The van der Waals surface area contributed by atoms with Crippen LogP contribution in [0.1, 0.15) is 22.8 Å².